The minimum Gasteiger partial charge on any atom is -0.490 e. The molecule has 1 aliphatic heterocycles. The first kappa shape index (κ1) is 15.8. The summed E-state index contributed by atoms with van der Waals surface area (Å²) in [5.74, 6) is 1.03. The zero-order chi connectivity index (χ0) is 15.4. The SMILES string of the molecule is CCOc1cc(/C=C2/NC(=S)NC2=O)cc(Br)c1OCC. The van der Waals surface area contributed by atoms with Crippen molar-refractivity contribution in [3.8, 4) is 11.5 Å². The van der Waals surface area contributed by atoms with Crippen molar-refractivity contribution in [1.29, 1.82) is 0 Å². The molecule has 112 valence electrons. The minimum atomic E-state index is -0.247. The first-order valence-corrected chi connectivity index (χ1v) is 7.68. The molecular formula is C14H15BrN2O3S. The average molecular weight is 371 g/mol. The van der Waals surface area contributed by atoms with Gasteiger partial charge in [-0.25, -0.2) is 0 Å². The summed E-state index contributed by atoms with van der Waals surface area (Å²) in [6, 6.07) is 3.68. The van der Waals surface area contributed by atoms with Gasteiger partial charge in [0.05, 0.1) is 17.7 Å². The Balaban J connectivity index is 2.39. The van der Waals surface area contributed by atoms with E-state index < -0.39 is 0 Å². The molecule has 0 spiro atoms. The largest absolute Gasteiger partial charge is 0.490 e. The highest BCUT2D eigenvalue weighted by molar-refractivity contribution is 9.10. The van der Waals surface area contributed by atoms with Crippen molar-refractivity contribution >= 4 is 45.2 Å². The lowest BCUT2D eigenvalue weighted by Crippen LogP contribution is -2.21. The van der Waals surface area contributed by atoms with Crippen molar-refractivity contribution in [2.45, 2.75) is 13.8 Å². The zero-order valence-corrected chi connectivity index (χ0v) is 14.1. The fourth-order valence-corrected chi connectivity index (χ4v) is 2.64. The van der Waals surface area contributed by atoms with E-state index in [9.17, 15) is 4.79 Å². The van der Waals surface area contributed by atoms with Crippen molar-refractivity contribution in [2.24, 2.45) is 0 Å². The third-order valence-corrected chi connectivity index (χ3v) is 3.44. The van der Waals surface area contributed by atoms with Gasteiger partial charge in [0.15, 0.2) is 16.6 Å². The second kappa shape index (κ2) is 6.91. The van der Waals surface area contributed by atoms with Gasteiger partial charge < -0.3 is 14.8 Å². The number of halogens is 1. The molecule has 1 heterocycles. The van der Waals surface area contributed by atoms with Crippen LogP contribution >= 0.6 is 28.1 Å². The Morgan fingerprint density at radius 2 is 1.95 bits per heavy atom. The van der Waals surface area contributed by atoms with Crippen molar-refractivity contribution in [1.82, 2.24) is 10.6 Å². The zero-order valence-electron chi connectivity index (χ0n) is 11.7. The maximum absolute atomic E-state index is 11.7. The molecule has 2 rings (SSSR count). The van der Waals surface area contributed by atoms with Gasteiger partial charge in [-0.2, -0.15) is 0 Å². The average Bonchev–Trinajstić information content (AvgIpc) is 2.72. The second-order valence-electron chi connectivity index (χ2n) is 4.16. The smallest absolute Gasteiger partial charge is 0.273 e. The molecule has 5 nitrogen and oxygen atoms in total. The van der Waals surface area contributed by atoms with Crippen molar-refractivity contribution in [3.63, 3.8) is 0 Å². The topological polar surface area (TPSA) is 59.6 Å². The third-order valence-electron chi connectivity index (χ3n) is 2.65. The van der Waals surface area contributed by atoms with Crippen LogP contribution in [0.1, 0.15) is 19.4 Å². The summed E-state index contributed by atoms with van der Waals surface area (Å²) < 4.78 is 11.9. The van der Waals surface area contributed by atoms with Crippen LogP contribution < -0.4 is 20.1 Å². The van der Waals surface area contributed by atoms with Crippen molar-refractivity contribution in [3.05, 3.63) is 27.9 Å². The molecule has 0 aliphatic carbocycles. The quantitative estimate of drug-likeness (QED) is 0.616. The fourth-order valence-electron chi connectivity index (χ4n) is 1.87. The summed E-state index contributed by atoms with van der Waals surface area (Å²) >= 11 is 8.36. The van der Waals surface area contributed by atoms with Crippen LogP contribution in [0.15, 0.2) is 22.3 Å². The number of hydrogen-bond donors (Lipinski definition) is 2. The predicted molar refractivity (Wildman–Crippen MR) is 88.3 cm³/mol. The standard InChI is InChI=1S/C14H15BrN2O3S/c1-3-19-11-7-8(5-9(15)12(11)20-4-2)6-10-13(18)17-14(21)16-10/h5-7H,3-4H2,1-2H3,(H2,16,17,18,21)/b10-6+. The van der Waals surface area contributed by atoms with Crippen molar-refractivity contribution < 1.29 is 14.3 Å². The van der Waals surface area contributed by atoms with Crippen LogP contribution in [-0.2, 0) is 4.79 Å². The van der Waals surface area contributed by atoms with E-state index in [4.69, 9.17) is 21.7 Å². The van der Waals surface area contributed by atoms with Crippen LogP contribution in [0.2, 0.25) is 0 Å². The molecule has 7 heteroatoms. The van der Waals surface area contributed by atoms with Crippen LogP contribution in [0.4, 0.5) is 0 Å². The van der Waals surface area contributed by atoms with Crippen LogP contribution in [-0.4, -0.2) is 24.2 Å². The van der Waals surface area contributed by atoms with E-state index in [0.717, 1.165) is 10.0 Å². The molecule has 1 saturated heterocycles. The van der Waals surface area contributed by atoms with E-state index in [0.29, 0.717) is 35.5 Å². The molecule has 1 amide bonds. The van der Waals surface area contributed by atoms with Gasteiger partial charge in [0.2, 0.25) is 0 Å². The van der Waals surface area contributed by atoms with Crippen LogP contribution in [0.5, 0.6) is 11.5 Å². The molecule has 0 aromatic heterocycles. The number of ether oxygens (including phenoxy) is 2. The number of rotatable bonds is 5. The number of carbonyl (C=O) groups excluding carboxylic acids is 1. The van der Waals surface area contributed by atoms with Crippen LogP contribution in [0.3, 0.4) is 0 Å². The van der Waals surface area contributed by atoms with E-state index in [-0.39, 0.29) is 5.91 Å². The van der Waals surface area contributed by atoms with Gasteiger partial charge >= 0.3 is 0 Å². The lowest BCUT2D eigenvalue weighted by Gasteiger charge is -2.13. The molecular weight excluding hydrogens is 356 g/mol. The van der Waals surface area contributed by atoms with Gasteiger partial charge in [-0.1, -0.05) is 0 Å². The Kier molecular flexibility index (Phi) is 5.19. The highest BCUT2D eigenvalue weighted by atomic mass is 79.9. The van der Waals surface area contributed by atoms with Gasteiger partial charge in [0.1, 0.15) is 5.70 Å². The van der Waals surface area contributed by atoms with Crippen LogP contribution in [0.25, 0.3) is 6.08 Å². The lowest BCUT2D eigenvalue weighted by molar-refractivity contribution is -0.115. The van der Waals surface area contributed by atoms with Gasteiger partial charge in [-0.05, 0) is 65.8 Å². The van der Waals surface area contributed by atoms with Gasteiger partial charge in [0, 0.05) is 0 Å². The molecule has 21 heavy (non-hydrogen) atoms. The summed E-state index contributed by atoms with van der Waals surface area (Å²) in [5, 5.41) is 5.63. The number of benzene rings is 1. The predicted octanol–water partition coefficient (Wildman–Crippen LogP) is 2.59. The Bertz CT molecular complexity index is 616. The van der Waals surface area contributed by atoms with E-state index in [1.165, 1.54) is 0 Å². The molecule has 1 fully saturated rings. The molecule has 0 unspecified atom stereocenters. The number of nitrogens with one attached hydrogen (secondary N) is 2. The summed E-state index contributed by atoms with van der Waals surface area (Å²) in [6.07, 6.45) is 1.71. The van der Waals surface area contributed by atoms with Gasteiger partial charge in [-0.15, -0.1) is 0 Å². The highest BCUT2D eigenvalue weighted by Crippen LogP contribution is 2.37. The number of amides is 1. The molecule has 0 radical (unpaired) electrons. The monoisotopic (exact) mass is 370 g/mol. The second-order valence-corrected chi connectivity index (χ2v) is 5.42. The Labute approximate surface area is 136 Å². The Morgan fingerprint density at radius 3 is 2.52 bits per heavy atom. The summed E-state index contributed by atoms with van der Waals surface area (Å²) in [7, 11) is 0. The van der Waals surface area contributed by atoms with Crippen LogP contribution in [0, 0.1) is 0 Å². The first-order valence-electron chi connectivity index (χ1n) is 6.48. The summed E-state index contributed by atoms with van der Waals surface area (Å²) in [6.45, 7) is 4.87. The van der Waals surface area contributed by atoms with Gasteiger partial charge in [0.25, 0.3) is 5.91 Å². The molecule has 0 bridgehead atoms. The van der Waals surface area contributed by atoms with E-state index in [1.807, 2.05) is 26.0 Å². The third kappa shape index (κ3) is 3.74. The molecule has 2 N–H and O–H groups in total. The van der Waals surface area contributed by atoms with Gasteiger partial charge in [-0.3, -0.25) is 10.1 Å². The normalized spacial score (nSPS) is 15.9. The summed E-state index contributed by atoms with van der Waals surface area (Å²) in [4.78, 5) is 11.7. The van der Waals surface area contributed by atoms with E-state index >= 15 is 0 Å². The highest BCUT2D eigenvalue weighted by Gasteiger charge is 2.20. The maximum atomic E-state index is 11.7. The number of carbonyl (C=O) groups is 1. The molecule has 0 atom stereocenters. The van der Waals surface area contributed by atoms with Crippen molar-refractivity contribution in [2.75, 3.05) is 13.2 Å². The minimum absolute atomic E-state index is 0.247. The molecule has 1 aliphatic rings. The van der Waals surface area contributed by atoms with E-state index in [2.05, 4.69) is 26.6 Å². The fraction of sp³-hybridized carbons (Fsp3) is 0.286. The Morgan fingerprint density at radius 1 is 1.24 bits per heavy atom. The molecule has 1 aromatic rings. The Hall–Kier alpha value is -1.60. The van der Waals surface area contributed by atoms with E-state index in [1.54, 1.807) is 6.08 Å². The molecule has 1 aromatic carbocycles. The maximum Gasteiger partial charge on any atom is 0.273 e. The number of hydrogen-bond acceptors (Lipinski definition) is 4. The first-order chi connectivity index (χ1) is 10.0. The number of thiocarbonyl (C=S) groups is 1. The lowest BCUT2D eigenvalue weighted by atomic mass is 10.1. The summed E-state index contributed by atoms with van der Waals surface area (Å²) in [5.41, 5.74) is 1.20. The molecule has 0 saturated carbocycles.